The van der Waals surface area contributed by atoms with Gasteiger partial charge in [0.2, 0.25) is 0 Å². The Morgan fingerprint density at radius 3 is 1.93 bits per heavy atom. The van der Waals surface area contributed by atoms with Gasteiger partial charge in [0.15, 0.2) is 5.78 Å². The topological polar surface area (TPSA) is 80.9 Å². The zero-order valence-electron chi connectivity index (χ0n) is 21.6. The quantitative estimate of drug-likeness (QED) is 0.0810. The van der Waals surface area contributed by atoms with Gasteiger partial charge in [-0.3, -0.25) is 4.79 Å². The Labute approximate surface area is 229 Å². The Kier molecular flexibility index (Phi) is 9.70. The summed E-state index contributed by atoms with van der Waals surface area (Å²) in [7, 11) is 1.27. The first-order valence-corrected chi connectivity index (χ1v) is 12.4. The smallest absolute Gasteiger partial charge is 0.330 e. The third-order valence-electron chi connectivity index (χ3n) is 6.66. The molecule has 0 heterocycles. The molecule has 0 aromatic heterocycles. The molecule has 0 saturated heterocycles. The van der Waals surface area contributed by atoms with Crippen LogP contribution < -0.4 is 5.43 Å². The number of Topliss-reactive ketones (excluding diaryl/α,β-unsaturated/α-hetero) is 1. The molecule has 1 aliphatic carbocycles. The van der Waals surface area contributed by atoms with E-state index in [1.807, 2.05) is 0 Å². The fourth-order valence-corrected chi connectivity index (χ4v) is 4.76. The van der Waals surface area contributed by atoms with Gasteiger partial charge in [0.25, 0.3) is 5.96 Å². The number of benzene rings is 2. The molecule has 15 heteroatoms. The van der Waals surface area contributed by atoms with Gasteiger partial charge in [-0.25, -0.2) is 5.53 Å². The molecule has 0 unspecified atom stereocenters. The molecule has 2 aromatic rings. The molecule has 0 amide bonds. The van der Waals surface area contributed by atoms with Crippen molar-refractivity contribution in [1.29, 1.82) is 5.53 Å². The molecule has 41 heavy (non-hydrogen) atoms. The minimum absolute atomic E-state index is 0.0456. The van der Waals surface area contributed by atoms with Crippen molar-refractivity contribution >= 4 is 11.7 Å². The molecule has 1 saturated carbocycles. The highest BCUT2D eigenvalue weighted by atomic mass is 19.4. The zero-order valence-corrected chi connectivity index (χ0v) is 21.6. The zero-order chi connectivity index (χ0) is 30.6. The average molecular weight is 596 g/mol. The molecule has 6 nitrogen and oxygen atoms in total. The second kappa shape index (κ2) is 12.5. The SMILES string of the molecule is CN/N=C(\N=N)N(Cc1cc(C(F)(F)F)cc(C(F)(F)F)c1)Cc1cc(C(F)(F)F)ccc1C(=O)CC1CCCC1. The van der Waals surface area contributed by atoms with Crippen molar-refractivity contribution in [2.45, 2.75) is 63.7 Å². The molecule has 0 bridgehead atoms. The first-order chi connectivity index (χ1) is 19.0. The lowest BCUT2D eigenvalue weighted by molar-refractivity contribution is -0.143. The number of halogens is 9. The number of hydrogen-bond acceptors (Lipinski definition) is 4. The van der Waals surface area contributed by atoms with Crippen LogP contribution in [0.5, 0.6) is 0 Å². The molecule has 224 valence electrons. The van der Waals surface area contributed by atoms with Gasteiger partial charge in [-0.1, -0.05) is 31.7 Å². The van der Waals surface area contributed by atoms with Gasteiger partial charge >= 0.3 is 18.5 Å². The van der Waals surface area contributed by atoms with Crippen LogP contribution in [0.15, 0.2) is 46.6 Å². The minimum atomic E-state index is -5.14. The molecule has 2 aromatic carbocycles. The van der Waals surface area contributed by atoms with Crippen molar-refractivity contribution in [3.8, 4) is 0 Å². The predicted molar refractivity (Wildman–Crippen MR) is 130 cm³/mol. The number of rotatable bonds is 8. The van der Waals surface area contributed by atoms with E-state index in [0.717, 1.165) is 42.7 Å². The van der Waals surface area contributed by atoms with Gasteiger partial charge in [0.1, 0.15) is 0 Å². The summed E-state index contributed by atoms with van der Waals surface area (Å²) in [6, 6.07) is 3.30. The van der Waals surface area contributed by atoms with Gasteiger partial charge in [-0.05, 0) is 47.4 Å². The number of ketones is 1. The molecule has 1 aliphatic rings. The maximum atomic E-state index is 13.6. The number of nitrogens with one attached hydrogen (secondary N) is 2. The molecule has 0 atom stereocenters. The Balaban J connectivity index is 2.10. The van der Waals surface area contributed by atoms with Gasteiger partial charge in [0.05, 0.1) is 16.7 Å². The molecule has 0 radical (unpaired) electrons. The Hall–Kier alpha value is -3.65. The molecule has 0 spiro atoms. The summed E-state index contributed by atoms with van der Waals surface area (Å²) in [4.78, 5) is 14.1. The van der Waals surface area contributed by atoms with E-state index in [1.54, 1.807) is 0 Å². The molecule has 1 fully saturated rings. The summed E-state index contributed by atoms with van der Waals surface area (Å²) in [5.74, 6) is -0.955. The number of nitrogens with zero attached hydrogens (tertiary/aromatic N) is 3. The first kappa shape index (κ1) is 31.9. The molecular formula is C26H26F9N5O. The highest BCUT2D eigenvalue weighted by Gasteiger charge is 2.37. The van der Waals surface area contributed by atoms with Gasteiger partial charge in [-0.2, -0.15) is 39.5 Å². The summed E-state index contributed by atoms with van der Waals surface area (Å²) in [5, 5.41) is 6.85. The van der Waals surface area contributed by atoms with E-state index in [9.17, 15) is 44.3 Å². The highest BCUT2D eigenvalue weighted by molar-refractivity contribution is 5.98. The fraction of sp³-hybridized carbons (Fsp3) is 0.462. The molecule has 3 rings (SSSR count). The van der Waals surface area contributed by atoms with Gasteiger partial charge in [0, 0.05) is 32.1 Å². The maximum Gasteiger partial charge on any atom is 0.416 e. The van der Waals surface area contributed by atoms with Crippen molar-refractivity contribution in [1.82, 2.24) is 10.3 Å². The third kappa shape index (κ3) is 8.43. The lowest BCUT2D eigenvalue weighted by Crippen LogP contribution is -2.31. The van der Waals surface area contributed by atoms with Crippen LogP contribution in [-0.2, 0) is 31.6 Å². The Morgan fingerprint density at radius 2 is 1.44 bits per heavy atom. The second-order valence-electron chi connectivity index (χ2n) is 9.66. The van der Waals surface area contributed by atoms with Crippen LogP contribution in [-0.4, -0.2) is 23.7 Å². The number of carbonyl (C=O) groups excluding carboxylic acids is 1. The van der Waals surface area contributed by atoms with Crippen LogP contribution in [0.3, 0.4) is 0 Å². The number of hydrazone groups is 1. The second-order valence-corrected chi connectivity index (χ2v) is 9.66. The first-order valence-electron chi connectivity index (χ1n) is 12.4. The van der Waals surface area contributed by atoms with E-state index in [-0.39, 0.29) is 29.5 Å². The largest absolute Gasteiger partial charge is 0.416 e. The standard InChI is InChI=1S/C26H26F9N5O/c1-37-39-23(38-36)40(13-16-8-19(25(30,31)32)12-20(9-16)26(33,34)35)14-17-11-18(24(27,28)29)6-7-21(17)22(41)10-15-4-2-3-5-15/h6-9,11-12,15,36-37H,2-5,10,13-14H2,1H3/b38-36?,39-23+. The number of alkyl halides is 9. The lowest BCUT2D eigenvalue weighted by Gasteiger charge is -2.26. The summed E-state index contributed by atoms with van der Waals surface area (Å²) < 4.78 is 121. The summed E-state index contributed by atoms with van der Waals surface area (Å²) in [6.07, 6.45) is -11.6. The highest BCUT2D eigenvalue weighted by Crippen LogP contribution is 2.37. The monoisotopic (exact) mass is 595 g/mol. The van der Waals surface area contributed by atoms with Gasteiger partial charge in [-0.15, -0.1) is 10.2 Å². The van der Waals surface area contributed by atoms with E-state index >= 15 is 0 Å². The van der Waals surface area contributed by atoms with E-state index in [4.69, 9.17) is 5.53 Å². The molecular weight excluding hydrogens is 569 g/mol. The van der Waals surface area contributed by atoms with Crippen molar-refractivity contribution in [2.75, 3.05) is 7.05 Å². The van der Waals surface area contributed by atoms with Crippen LogP contribution in [0.4, 0.5) is 39.5 Å². The van der Waals surface area contributed by atoms with Crippen molar-refractivity contribution in [3.63, 3.8) is 0 Å². The third-order valence-corrected chi connectivity index (χ3v) is 6.66. The summed E-state index contributed by atoms with van der Waals surface area (Å²) >= 11 is 0. The van der Waals surface area contributed by atoms with Crippen LogP contribution >= 0.6 is 0 Å². The molecule has 2 N–H and O–H groups in total. The van der Waals surface area contributed by atoms with E-state index < -0.39 is 65.6 Å². The maximum absolute atomic E-state index is 13.6. The number of carbonyl (C=O) groups is 1. The van der Waals surface area contributed by atoms with E-state index in [1.165, 1.54) is 7.05 Å². The summed E-state index contributed by atoms with van der Waals surface area (Å²) in [5.41, 5.74) is 4.63. The minimum Gasteiger partial charge on any atom is -0.330 e. The van der Waals surface area contributed by atoms with Gasteiger partial charge < -0.3 is 10.3 Å². The van der Waals surface area contributed by atoms with Crippen LogP contribution in [0.1, 0.15) is 70.3 Å². The molecule has 0 aliphatic heterocycles. The lowest BCUT2D eigenvalue weighted by atomic mass is 9.93. The number of hydrogen-bond donors (Lipinski definition) is 2. The Morgan fingerprint density at radius 1 is 0.878 bits per heavy atom. The predicted octanol–water partition coefficient (Wildman–Crippen LogP) is 8.03. The van der Waals surface area contributed by atoms with Crippen molar-refractivity contribution in [2.24, 2.45) is 16.1 Å². The fourth-order valence-electron chi connectivity index (χ4n) is 4.76. The summed E-state index contributed by atoms with van der Waals surface area (Å²) in [6.45, 7) is -1.39. The Bertz CT molecular complexity index is 1250. The van der Waals surface area contributed by atoms with Crippen molar-refractivity contribution in [3.05, 3.63) is 69.8 Å². The van der Waals surface area contributed by atoms with E-state index in [2.05, 4.69) is 15.6 Å². The normalized spacial score (nSPS) is 15.2. The number of guanidine groups is 1. The van der Waals surface area contributed by atoms with Crippen molar-refractivity contribution < 1.29 is 44.3 Å². The van der Waals surface area contributed by atoms with E-state index in [0.29, 0.717) is 18.2 Å². The van der Waals surface area contributed by atoms with Crippen LogP contribution in [0.2, 0.25) is 0 Å². The average Bonchev–Trinajstić information content (AvgIpc) is 3.38. The van der Waals surface area contributed by atoms with Crippen LogP contribution in [0, 0.1) is 11.4 Å². The van der Waals surface area contributed by atoms with Crippen LogP contribution in [0.25, 0.3) is 0 Å².